The second-order valence-electron chi connectivity index (χ2n) is 5.93. The van der Waals surface area contributed by atoms with Gasteiger partial charge in [0.25, 0.3) is 0 Å². The lowest BCUT2D eigenvalue weighted by molar-refractivity contribution is -0.145. The van der Waals surface area contributed by atoms with E-state index in [1.807, 2.05) is 36.4 Å². The number of carbonyl (C=O) groups is 4. The van der Waals surface area contributed by atoms with Crippen LogP contribution < -0.4 is 5.32 Å². The van der Waals surface area contributed by atoms with Gasteiger partial charge in [-0.25, -0.2) is 0 Å². The van der Waals surface area contributed by atoms with Crippen LogP contribution in [0.4, 0.5) is 5.88 Å². The number of halogens is 2. The Morgan fingerprint density at radius 1 is 1.13 bits per heavy atom. The summed E-state index contributed by atoms with van der Waals surface area (Å²) < 4.78 is 9.93. The Morgan fingerprint density at radius 3 is 2.19 bits per heavy atom. The number of rotatable bonds is 8. The van der Waals surface area contributed by atoms with E-state index in [4.69, 9.17) is 27.6 Å². The minimum absolute atomic E-state index is 0.0238. The van der Waals surface area contributed by atoms with Crippen LogP contribution in [0.25, 0.3) is 11.1 Å². The maximum absolute atomic E-state index is 11.7. The van der Waals surface area contributed by atoms with Gasteiger partial charge in [-0.15, -0.1) is 0 Å². The molecule has 0 aliphatic rings. The zero-order valence-corrected chi connectivity index (χ0v) is 18.3. The monoisotopic (exact) mass is 466 g/mol. The van der Waals surface area contributed by atoms with Gasteiger partial charge >= 0.3 is 5.97 Å². The second kappa shape index (κ2) is 13.2. The Hall–Kier alpha value is -3.15. The summed E-state index contributed by atoms with van der Waals surface area (Å²) in [6.07, 6.45) is 1.33. The topological polar surface area (TPSA) is 126 Å². The minimum atomic E-state index is -0.826. The van der Waals surface area contributed by atoms with Crippen molar-refractivity contribution in [2.45, 2.75) is 26.7 Å². The summed E-state index contributed by atoms with van der Waals surface area (Å²) in [6, 6.07) is 11.2. The van der Waals surface area contributed by atoms with Crippen molar-refractivity contribution in [3.63, 3.8) is 0 Å². The summed E-state index contributed by atoms with van der Waals surface area (Å²) in [5.41, 5.74) is 1.59. The first-order chi connectivity index (χ1) is 14.7. The highest BCUT2D eigenvalue weighted by molar-refractivity contribution is 6.73. The molecule has 1 heterocycles. The van der Waals surface area contributed by atoms with Gasteiger partial charge in [-0.05, 0) is 42.1 Å². The van der Waals surface area contributed by atoms with Crippen LogP contribution in [-0.4, -0.2) is 29.0 Å². The molecule has 0 unspecified atom stereocenters. The second-order valence-corrected chi connectivity index (χ2v) is 6.68. The fourth-order valence-electron chi connectivity index (χ4n) is 2.32. The van der Waals surface area contributed by atoms with E-state index in [9.17, 15) is 24.4 Å². The molecule has 1 amide bonds. The average molecular weight is 467 g/mol. The van der Waals surface area contributed by atoms with Crippen molar-refractivity contribution in [2.24, 2.45) is 5.92 Å². The molecule has 164 valence electrons. The molecule has 0 saturated carbocycles. The van der Waals surface area contributed by atoms with Crippen molar-refractivity contribution >= 4 is 51.4 Å². The van der Waals surface area contributed by atoms with Gasteiger partial charge in [0.2, 0.25) is 22.3 Å². The Bertz CT molecular complexity index is 952. The number of carbonyl (C=O) groups excluding carboxylic acids is 4. The van der Waals surface area contributed by atoms with Crippen molar-refractivity contribution in [3.05, 3.63) is 42.2 Å². The number of benzene rings is 1. The first kappa shape index (κ1) is 25.9. The Kier molecular flexibility index (Phi) is 11.0. The summed E-state index contributed by atoms with van der Waals surface area (Å²) in [5, 5.41) is 10.3. The first-order valence-electron chi connectivity index (χ1n) is 9.16. The van der Waals surface area contributed by atoms with Gasteiger partial charge in [0.1, 0.15) is 30.2 Å². The molecule has 1 aromatic heterocycles. The van der Waals surface area contributed by atoms with Gasteiger partial charge in [0, 0.05) is 5.56 Å². The SMILES string of the molecule is CCC(C(=O)Cl)C(=O)Cl.CCOC(=O)CC(=O)Nc1occ(-c2ccccc2)c1C#N. The van der Waals surface area contributed by atoms with Gasteiger partial charge in [-0.3, -0.25) is 24.5 Å². The molecule has 0 aliphatic heterocycles. The number of nitrogens with one attached hydrogen (secondary N) is 1. The molecular formula is C21H20Cl2N2O6. The molecule has 0 bridgehead atoms. The Balaban J connectivity index is 0.000000452. The number of anilines is 1. The zero-order chi connectivity index (χ0) is 23.4. The van der Waals surface area contributed by atoms with E-state index < -0.39 is 34.7 Å². The Morgan fingerprint density at radius 2 is 1.74 bits per heavy atom. The zero-order valence-electron chi connectivity index (χ0n) is 16.8. The number of hydrogen-bond acceptors (Lipinski definition) is 7. The highest BCUT2D eigenvalue weighted by Crippen LogP contribution is 2.30. The van der Waals surface area contributed by atoms with Gasteiger partial charge in [0.15, 0.2) is 0 Å². The Labute approximate surface area is 189 Å². The van der Waals surface area contributed by atoms with Gasteiger partial charge in [-0.1, -0.05) is 37.3 Å². The molecule has 0 atom stereocenters. The molecule has 10 heteroatoms. The van der Waals surface area contributed by atoms with E-state index in [1.165, 1.54) is 6.26 Å². The van der Waals surface area contributed by atoms with Crippen molar-refractivity contribution in [1.29, 1.82) is 5.26 Å². The van der Waals surface area contributed by atoms with E-state index in [-0.39, 0.29) is 18.1 Å². The highest BCUT2D eigenvalue weighted by atomic mass is 35.5. The number of nitrogens with zero attached hydrogens (tertiary/aromatic N) is 1. The summed E-state index contributed by atoms with van der Waals surface area (Å²) >= 11 is 9.99. The van der Waals surface area contributed by atoms with Gasteiger partial charge < -0.3 is 9.15 Å². The molecule has 0 spiro atoms. The van der Waals surface area contributed by atoms with Crippen LogP contribution >= 0.6 is 23.2 Å². The molecular weight excluding hydrogens is 447 g/mol. The highest BCUT2D eigenvalue weighted by Gasteiger charge is 2.20. The van der Waals surface area contributed by atoms with Crippen molar-refractivity contribution in [1.82, 2.24) is 0 Å². The lowest BCUT2D eigenvalue weighted by Crippen LogP contribution is -2.18. The molecule has 0 fully saturated rings. The predicted molar refractivity (Wildman–Crippen MR) is 114 cm³/mol. The molecule has 8 nitrogen and oxygen atoms in total. The molecule has 0 saturated heterocycles. The molecule has 2 rings (SSSR count). The van der Waals surface area contributed by atoms with Gasteiger partial charge in [-0.2, -0.15) is 5.26 Å². The number of hydrogen-bond donors (Lipinski definition) is 1. The summed E-state index contributed by atoms with van der Waals surface area (Å²) in [5.74, 6) is -2.03. The summed E-state index contributed by atoms with van der Waals surface area (Å²) in [6.45, 7) is 3.53. The lowest BCUT2D eigenvalue weighted by atomic mass is 10.1. The van der Waals surface area contributed by atoms with E-state index in [0.29, 0.717) is 12.0 Å². The number of amides is 1. The molecule has 0 aliphatic carbocycles. The third kappa shape index (κ3) is 8.24. The maximum atomic E-state index is 11.7. The van der Waals surface area contributed by atoms with Crippen LogP contribution in [-0.2, 0) is 23.9 Å². The first-order valence-corrected chi connectivity index (χ1v) is 9.91. The molecule has 0 radical (unpaired) electrons. The van der Waals surface area contributed by atoms with Crippen LogP contribution in [0.5, 0.6) is 0 Å². The molecule has 2 aromatic rings. The fraction of sp³-hybridized carbons (Fsp3) is 0.286. The third-order valence-corrected chi connectivity index (χ3v) is 4.33. The normalized spacial score (nSPS) is 9.81. The smallest absolute Gasteiger partial charge is 0.315 e. The van der Waals surface area contributed by atoms with E-state index in [0.717, 1.165) is 5.56 Å². The fourth-order valence-corrected chi connectivity index (χ4v) is 2.88. The van der Waals surface area contributed by atoms with Crippen molar-refractivity contribution in [3.8, 4) is 17.2 Å². The molecule has 1 aromatic carbocycles. The summed E-state index contributed by atoms with van der Waals surface area (Å²) in [4.78, 5) is 43.5. The largest absolute Gasteiger partial charge is 0.466 e. The van der Waals surface area contributed by atoms with E-state index >= 15 is 0 Å². The standard InChI is InChI=1S/C16H14N2O4.C5H6Cl2O2/c1-2-21-15(20)8-14(19)18-16-12(9-17)13(10-22-16)11-6-4-3-5-7-11;1-2-3(4(6)8)5(7)9/h3-7,10H,2,8H2,1H3,(H,18,19);3H,2H2,1H3. The van der Waals surface area contributed by atoms with Crippen molar-refractivity contribution in [2.75, 3.05) is 11.9 Å². The van der Waals surface area contributed by atoms with E-state index in [1.54, 1.807) is 13.8 Å². The number of esters is 1. The van der Waals surface area contributed by atoms with Crippen LogP contribution in [0, 0.1) is 17.2 Å². The van der Waals surface area contributed by atoms with E-state index in [2.05, 4.69) is 10.1 Å². The van der Waals surface area contributed by atoms with Gasteiger partial charge in [0.05, 0.1) is 6.61 Å². The number of furan rings is 1. The van der Waals surface area contributed by atoms with Crippen molar-refractivity contribution < 1.29 is 28.3 Å². The maximum Gasteiger partial charge on any atom is 0.315 e. The number of ether oxygens (including phenoxy) is 1. The van der Waals surface area contributed by atoms with Crippen LogP contribution in [0.2, 0.25) is 0 Å². The summed E-state index contributed by atoms with van der Waals surface area (Å²) in [7, 11) is 0. The lowest BCUT2D eigenvalue weighted by Gasteiger charge is -2.03. The van der Waals surface area contributed by atoms with Crippen LogP contribution in [0.1, 0.15) is 32.3 Å². The van der Waals surface area contributed by atoms with Crippen LogP contribution in [0.3, 0.4) is 0 Å². The molecule has 1 N–H and O–H groups in total. The predicted octanol–water partition coefficient (Wildman–Crippen LogP) is 4.25. The quantitative estimate of drug-likeness (QED) is 0.349. The number of nitriles is 1. The molecule has 31 heavy (non-hydrogen) atoms. The average Bonchev–Trinajstić information content (AvgIpc) is 3.11. The third-order valence-electron chi connectivity index (χ3n) is 3.81. The minimum Gasteiger partial charge on any atom is -0.466 e. The van der Waals surface area contributed by atoms with Crippen LogP contribution in [0.15, 0.2) is 41.0 Å².